The number of hydrogen-bond donors (Lipinski definition) is 3. The number of guanidine groups is 2. The molecule has 5 N–H and O–H groups in total. The minimum atomic E-state index is -0.458. The molecule has 78 valence electrons. The molecule has 1 aliphatic rings. The second kappa shape index (κ2) is 3.78. The normalized spacial score (nSPS) is 16.6. The monoisotopic (exact) mass is 223 g/mol. The minimum Gasteiger partial charge on any atom is -0.370 e. The molecule has 0 spiro atoms. The Morgan fingerprint density at radius 1 is 1.13 bits per heavy atom. The minimum absolute atomic E-state index is 0.243. The summed E-state index contributed by atoms with van der Waals surface area (Å²) in [7, 11) is 0. The molecule has 0 amide bonds. The molecule has 0 aliphatic carbocycles. The quantitative estimate of drug-likeness (QED) is 0.650. The fourth-order valence-corrected chi connectivity index (χ4v) is 1.55. The summed E-state index contributed by atoms with van der Waals surface area (Å²) in [4.78, 5) is 8.19. The SMILES string of the molecule is NC1=NC(c2ccccc2Cl)N=C(N)N1. The van der Waals surface area contributed by atoms with Crippen LogP contribution in [0.3, 0.4) is 0 Å². The molecule has 0 radical (unpaired) electrons. The Hall–Kier alpha value is -1.75. The van der Waals surface area contributed by atoms with Crippen molar-refractivity contribution in [2.24, 2.45) is 21.5 Å². The Balaban J connectivity index is 2.39. The summed E-state index contributed by atoms with van der Waals surface area (Å²) in [6.45, 7) is 0. The van der Waals surface area contributed by atoms with Crippen molar-refractivity contribution in [2.45, 2.75) is 6.17 Å². The average molecular weight is 224 g/mol. The summed E-state index contributed by atoms with van der Waals surface area (Å²) in [5, 5.41) is 3.21. The standard InChI is InChI=1S/C9H10ClN5/c10-6-4-2-1-3-5(6)7-13-8(11)15-9(12)14-7/h1-4,7H,(H5,11,12,13,14,15). The molecule has 0 atom stereocenters. The number of rotatable bonds is 1. The maximum absolute atomic E-state index is 6.01. The summed E-state index contributed by atoms with van der Waals surface area (Å²) >= 11 is 6.01. The summed E-state index contributed by atoms with van der Waals surface area (Å²) in [6, 6.07) is 7.32. The lowest BCUT2D eigenvalue weighted by Gasteiger charge is -2.17. The van der Waals surface area contributed by atoms with E-state index in [1.165, 1.54) is 0 Å². The lowest BCUT2D eigenvalue weighted by molar-refractivity contribution is 0.748. The molecule has 1 aromatic rings. The van der Waals surface area contributed by atoms with E-state index in [4.69, 9.17) is 23.1 Å². The van der Waals surface area contributed by atoms with Crippen molar-refractivity contribution in [3.63, 3.8) is 0 Å². The van der Waals surface area contributed by atoms with E-state index in [1.54, 1.807) is 6.07 Å². The smallest absolute Gasteiger partial charge is 0.197 e. The van der Waals surface area contributed by atoms with E-state index in [9.17, 15) is 0 Å². The van der Waals surface area contributed by atoms with Crippen molar-refractivity contribution in [3.05, 3.63) is 34.9 Å². The van der Waals surface area contributed by atoms with Crippen LogP contribution in [0, 0.1) is 0 Å². The van der Waals surface area contributed by atoms with Crippen LogP contribution in [0.2, 0.25) is 5.02 Å². The molecule has 6 heteroatoms. The average Bonchev–Trinajstić information content (AvgIpc) is 2.16. The molecule has 0 saturated heterocycles. The van der Waals surface area contributed by atoms with Gasteiger partial charge in [-0.15, -0.1) is 0 Å². The number of hydrogen-bond acceptors (Lipinski definition) is 5. The van der Waals surface area contributed by atoms with Gasteiger partial charge in [0.25, 0.3) is 0 Å². The van der Waals surface area contributed by atoms with E-state index in [-0.39, 0.29) is 11.9 Å². The largest absolute Gasteiger partial charge is 0.370 e. The maximum atomic E-state index is 6.01. The van der Waals surface area contributed by atoms with Crippen LogP contribution in [0.5, 0.6) is 0 Å². The number of aliphatic imine (C=N–C) groups is 2. The summed E-state index contributed by atoms with van der Waals surface area (Å²) in [5.74, 6) is 0.486. The van der Waals surface area contributed by atoms with Gasteiger partial charge >= 0.3 is 0 Å². The third kappa shape index (κ3) is 2.02. The van der Waals surface area contributed by atoms with Crippen molar-refractivity contribution in [1.82, 2.24) is 5.32 Å². The molecule has 1 heterocycles. The van der Waals surface area contributed by atoms with Crippen molar-refractivity contribution in [3.8, 4) is 0 Å². The second-order valence-corrected chi connectivity index (χ2v) is 3.46. The molecule has 0 bridgehead atoms. The van der Waals surface area contributed by atoms with E-state index < -0.39 is 6.17 Å². The fraction of sp³-hybridized carbons (Fsp3) is 0.111. The molecule has 1 aliphatic heterocycles. The molecule has 2 rings (SSSR count). The number of nitrogens with two attached hydrogens (primary N) is 2. The van der Waals surface area contributed by atoms with E-state index in [0.29, 0.717) is 5.02 Å². The molecule has 15 heavy (non-hydrogen) atoms. The zero-order chi connectivity index (χ0) is 10.8. The topological polar surface area (TPSA) is 88.8 Å². The van der Waals surface area contributed by atoms with Crippen LogP contribution < -0.4 is 16.8 Å². The highest BCUT2D eigenvalue weighted by Gasteiger charge is 2.16. The molecular formula is C9H10ClN5. The number of nitrogens with one attached hydrogen (secondary N) is 1. The third-order valence-electron chi connectivity index (χ3n) is 1.96. The van der Waals surface area contributed by atoms with Gasteiger partial charge in [-0.1, -0.05) is 29.8 Å². The zero-order valence-electron chi connectivity index (χ0n) is 7.81. The molecule has 5 nitrogen and oxygen atoms in total. The van der Waals surface area contributed by atoms with Crippen LogP contribution in [0.1, 0.15) is 11.7 Å². The Kier molecular flexibility index (Phi) is 2.47. The molecule has 1 aromatic carbocycles. The number of halogens is 1. The third-order valence-corrected chi connectivity index (χ3v) is 2.31. The van der Waals surface area contributed by atoms with Gasteiger partial charge in [0, 0.05) is 10.6 Å². The second-order valence-electron chi connectivity index (χ2n) is 3.05. The van der Waals surface area contributed by atoms with Crippen LogP contribution in [0.25, 0.3) is 0 Å². The van der Waals surface area contributed by atoms with Gasteiger partial charge in [-0.2, -0.15) is 0 Å². The number of nitrogens with zero attached hydrogens (tertiary/aromatic N) is 2. The predicted molar refractivity (Wildman–Crippen MR) is 60.6 cm³/mol. The van der Waals surface area contributed by atoms with Gasteiger partial charge in [0.1, 0.15) is 0 Å². The van der Waals surface area contributed by atoms with Crippen LogP contribution >= 0.6 is 11.6 Å². The lowest BCUT2D eigenvalue weighted by atomic mass is 10.2. The maximum Gasteiger partial charge on any atom is 0.197 e. The van der Waals surface area contributed by atoms with Crippen LogP contribution in [0.15, 0.2) is 34.3 Å². The Bertz CT molecular complexity index is 422. The van der Waals surface area contributed by atoms with Crippen molar-refractivity contribution >= 4 is 23.5 Å². The Morgan fingerprint density at radius 2 is 1.73 bits per heavy atom. The van der Waals surface area contributed by atoms with Gasteiger partial charge in [-0.05, 0) is 6.07 Å². The first-order valence-electron chi connectivity index (χ1n) is 4.35. The molecule has 0 saturated carbocycles. The molecule has 0 unspecified atom stereocenters. The van der Waals surface area contributed by atoms with Gasteiger partial charge in [-0.25, -0.2) is 9.98 Å². The highest BCUT2D eigenvalue weighted by molar-refractivity contribution is 6.31. The van der Waals surface area contributed by atoms with Gasteiger partial charge < -0.3 is 11.5 Å². The van der Waals surface area contributed by atoms with Crippen LogP contribution in [0.4, 0.5) is 0 Å². The van der Waals surface area contributed by atoms with E-state index in [2.05, 4.69) is 15.3 Å². The molecular weight excluding hydrogens is 214 g/mol. The molecule has 0 fully saturated rings. The summed E-state index contributed by atoms with van der Waals surface area (Å²) in [5.41, 5.74) is 11.9. The van der Waals surface area contributed by atoms with Gasteiger partial charge in [-0.3, -0.25) is 5.32 Å². The number of benzene rings is 1. The van der Waals surface area contributed by atoms with Gasteiger partial charge in [0.15, 0.2) is 18.1 Å². The van der Waals surface area contributed by atoms with Crippen molar-refractivity contribution in [1.29, 1.82) is 0 Å². The van der Waals surface area contributed by atoms with E-state index >= 15 is 0 Å². The summed E-state index contributed by atoms with van der Waals surface area (Å²) < 4.78 is 0. The Morgan fingerprint density at radius 3 is 2.33 bits per heavy atom. The highest BCUT2D eigenvalue weighted by atomic mass is 35.5. The predicted octanol–water partition coefficient (Wildman–Crippen LogP) is 0.571. The van der Waals surface area contributed by atoms with Crippen LogP contribution in [-0.4, -0.2) is 11.9 Å². The van der Waals surface area contributed by atoms with E-state index in [0.717, 1.165) is 5.56 Å². The van der Waals surface area contributed by atoms with E-state index in [1.807, 2.05) is 18.2 Å². The lowest BCUT2D eigenvalue weighted by Crippen LogP contribution is -2.44. The fourth-order valence-electron chi connectivity index (χ4n) is 1.31. The van der Waals surface area contributed by atoms with Gasteiger partial charge in [0.05, 0.1) is 0 Å². The highest BCUT2D eigenvalue weighted by Crippen LogP contribution is 2.27. The zero-order valence-corrected chi connectivity index (χ0v) is 8.57. The van der Waals surface area contributed by atoms with Gasteiger partial charge in [0.2, 0.25) is 0 Å². The Labute approximate surface area is 91.8 Å². The van der Waals surface area contributed by atoms with Crippen molar-refractivity contribution in [2.75, 3.05) is 0 Å². The first kappa shape index (κ1) is 9.79. The van der Waals surface area contributed by atoms with Crippen molar-refractivity contribution < 1.29 is 0 Å². The van der Waals surface area contributed by atoms with Crippen LogP contribution in [-0.2, 0) is 0 Å². The molecule has 0 aromatic heterocycles. The first-order valence-corrected chi connectivity index (χ1v) is 4.72. The first-order chi connectivity index (χ1) is 7.16. The summed E-state index contributed by atoms with van der Waals surface area (Å²) in [6.07, 6.45) is -0.458.